The molecule has 4 nitrogen and oxygen atoms in total. The third-order valence-corrected chi connectivity index (χ3v) is 5.56. The molecular weight excluding hydrogens is 406 g/mol. The van der Waals surface area contributed by atoms with Crippen molar-refractivity contribution >= 4 is 56.2 Å². The van der Waals surface area contributed by atoms with E-state index in [9.17, 15) is 4.79 Å². The third-order valence-electron chi connectivity index (χ3n) is 3.14. The fourth-order valence-electron chi connectivity index (χ4n) is 1.97. The van der Waals surface area contributed by atoms with Crippen LogP contribution in [-0.2, 0) is 4.79 Å². The topological polar surface area (TPSA) is 53.8 Å². The van der Waals surface area contributed by atoms with Crippen molar-refractivity contribution in [1.29, 1.82) is 0 Å². The van der Waals surface area contributed by atoms with Crippen molar-refractivity contribution in [2.24, 2.45) is 10.2 Å². The molecule has 1 N–H and O–H groups in total. The largest absolute Gasteiger partial charge is 0.303 e. The van der Waals surface area contributed by atoms with Crippen molar-refractivity contribution in [3.63, 3.8) is 0 Å². The van der Waals surface area contributed by atoms with Gasteiger partial charge in [0.1, 0.15) is 0 Å². The lowest BCUT2D eigenvalue weighted by Gasteiger charge is -2.12. The van der Waals surface area contributed by atoms with Crippen LogP contribution in [0.3, 0.4) is 0 Å². The minimum Gasteiger partial charge on any atom is -0.303 e. The number of halogens is 1. The Kier molecular flexibility index (Phi) is 6.12. The summed E-state index contributed by atoms with van der Waals surface area (Å²) in [5, 5.41) is 11.7. The summed E-state index contributed by atoms with van der Waals surface area (Å²) in [6, 6.07) is 17.8. The summed E-state index contributed by atoms with van der Waals surface area (Å²) >= 11 is 6.40. The molecule has 0 spiro atoms. The second kappa shape index (κ2) is 8.50. The van der Waals surface area contributed by atoms with Crippen molar-refractivity contribution in [1.82, 2.24) is 5.32 Å². The maximum atomic E-state index is 12.0. The number of amidine groups is 1. The molecule has 0 atom stereocenters. The molecule has 1 heterocycles. The van der Waals surface area contributed by atoms with Crippen molar-refractivity contribution in [2.45, 2.75) is 4.90 Å². The lowest BCUT2D eigenvalue weighted by Crippen LogP contribution is -2.31. The van der Waals surface area contributed by atoms with Gasteiger partial charge in [0.05, 0.1) is 11.5 Å². The van der Waals surface area contributed by atoms with Crippen molar-refractivity contribution < 1.29 is 4.79 Å². The van der Waals surface area contributed by atoms with Crippen LogP contribution in [0, 0.1) is 0 Å². The Morgan fingerprint density at radius 1 is 1.12 bits per heavy atom. The molecule has 1 amide bonds. The molecule has 0 aromatic heterocycles. The van der Waals surface area contributed by atoms with Gasteiger partial charge < -0.3 is 5.32 Å². The number of benzene rings is 2. The van der Waals surface area contributed by atoms with Crippen LogP contribution in [-0.4, -0.2) is 28.3 Å². The second-order valence-corrected chi connectivity index (χ2v) is 7.83. The summed E-state index contributed by atoms with van der Waals surface area (Å²) in [4.78, 5) is 13.1. The van der Waals surface area contributed by atoms with Gasteiger partial charge in [0.25, 0.3) is 0 Å². The van der Waals surface area contributed by atoms with Crippen LogP contribution in [0.1, 0.15) is 5.56 Å². The number of hydrogen-bond acceptors (Lipinski definition) is 5. The van der Waals surface area contributed by atoms with Crippen LogP contribution >= 0.6 is 39.5 Å². The number of amides is 1. The molecular formula is C17H14BrN3OS2. The molecule has 122 valence electrons. The van der Waals surface area contributed by atoms with E-state index in [2.05, 4.69) is 31.4 Å². The lowest BCUT2D eigenvalue weighted by molar-refractivity contribution is -0.117. The third kappa shape index (κ3) is 4.96. The minimum atomic E-state index is -0.0719. The smallest absolute Gasteiger partial charge is 0.236 e. The summed E-state index contributed by atoms with van der Waals surface area (Å²) in [5.74, 6) is 0.969. The Labute approximate surface area is 157 Å². The van der Waals surface area contributed by atoms with E-state index in [-0.39, 0.29) is 5.91 Å². The van der Waals surface area contributed by atoms with E-state index in [0.29, 0.717) is 16.7 Å². The monoisotopic (exact) mass is 419 g/mol. The summed E-state index contributed by atoms with van der Waals surface area (Å²) in [6.45, 7) is 0. The van der Waals surface area contributed by atoms with E-state index >= 15 is 0 Å². The Bertz CT molecular complexity index is 776. The van der Waals surface area contributed by atoms with Gasteiger partial charge in [-0.25, -0.2) is 0 Å². The van der Waals surface area contributed by atoms with Gasteiger partial charge in [-0.15, -0.1) is 16.9 Å². The van der Waals surface area contributed by atoms with Gasteiger partial charge in [0, 0.05) is 15.1 Å². The van der Waals surface area contributed by atoms with Crippen LogP contribution < -0.4 is 5.32 Å². The first-order valence-electron chi connectivity index (χ1n) is 7.22. The summed E-state index contributed by atoms with van der Waals surface area (Å²) < 4.78 is 1.03. The van der Waals surface area contributed by atoms with Crippen molar-refractivity contribution in [2.75, 3.05) is 11.5 Å². The first-order valence-corrected chi connectivity index (χ1v) is 9.98. The molecule has 0 bridgehead atoms. The van der Waals surface area contributed by atoms with E-state index in [1.54, 1.807) is 0 Å². The number of nitrogens with zero attached hydrogens (tertiary/aromatic N) is 2. The maximum Gasteiger partial charge on any atom is 0.236 e. The first-order chi connectivity index (χ1) is 11.7. The number of hydrogen-bond donors (Lipinski definition) is 1. The molecule has 7 heteroatoms. The standard InChI is InChI=1S/C17H14BrN3OS2/c18-13-8-6-12(7-9-13)15-10-24-17(21-20-15)19-16(22)11-23-14-4-2-1-3-5-14/h1-9H,10-11H2,(H,19,21,22). The second-order valence-electron chi connectivity index (χ2n) is 4.90. The molecule has 0 radical (unpaired) electrons. The number of thioether (sulfide) groups is 2. The van der Waals surface area contributed by atoms with Gasteiger partial charge in [0.2, 0.25) is 5.91 Å². The minimum absolute atomic E-state index is 0.0719. The van der Waals surface area contributed by atoms with Gasteiger partial charge in [-0.05, 0) is 29.8 Å². The maximum absolute atomic E-state index is 12.0. The average molecular weight is 420 g/mol. The SMILES string of the molecule is O=C(CSc1ccccc1)NC1=NN=C(c2ccc(Br)cc2)CS1. The summed E-state index contributed by atoms with van der Waals surface area (Å²) in [7, 11) is 0. The van der Waals surface area contributed by atoms with Gasteiger partial charge in [-0.1, -0.05) is 58.0 Å². The van der Waals surface area contributed by atoms with Gasteiger partial charge in [0.15, 0.2) is 5.17 Å². The highest BCUT2D eigenvalue weighted by Gasteiger charge is 2.14. The molecule has 0 unspecified atom stereocenters. The molecule has 2 aromatic rings. The van der Waals surface area contributed by atoms with E-state index < -0.39 is 0 Å². The fraction of sp³-hybridized carbons (Fsp3) is 0.118. The van der Waals surface area contributed by atoms with E-state index in [4.69, 9.17) is 0 Å². The molecule has 0 saturated carbocycles. The highest BCUT2D eigenvalue weighted by atomic mass is 79.9. The fourth-order valence-corrected chi connectivity index (χ4v) is 3.73. The predicted molar refractivity (Wildman–Crippen MR) is 106 cm³/mol. The van der Waals surface area contributed by atoms with Gasteiger partial charge >= 0.3 is 0 Å². The summed E-state index contributed by atoms with van der Waals surface area (Å²) in [5.41, 5.74) is 1.95. The quantitative estimate of drug-likeness (QED) is 0.756. The highest BCUT2D eigenvalue weighted by Crippen LogP contribution is 2.18. The van der Waals surface area contributed by atoms with E-state index in [1.807, 2.05) is 54.6 Å². The van der Waals surface area contributed by atoms with Crippen LogP contribution in [0.15, 0.2) is 74.2 Å². The number of carbonyl (C=O) groups is 1. The van der Waals surface area contributed by atoms with Crippen LogP contribution in [0.5, 0.6) is 0 Å². The number of carbonyl (C=O) groups excluding carboxylic acids is 1. The predicted octanol–water partition coefficient (Wildman–Crippen LogP) is 4.16. The van der Waals surface area contributed by atoms with Crippen molar-refractivity contribution in [3.05, 3.63) is 64.6 Å². The molecule has 0 fully saturated rings. The molecule has 1 aliphatic rings. The lowest BCUT2D eigenvalue weighted by atomic mass is 10.1. The van der Waals surface area contributed by atoms with Gasteiger partial charge in [-0.2, -0.15) is 5.10 Å². The van der Waals surface area contributed by atoms with Gasteiger partial charge in [-0.3, -0.25) is 4.79 Å². The zero-order valence-electron chi connectivity index (χ0n) is 12.6. The number of rotatable bonds is 4. The first kappa shape index (κ1) is 17.3. The Balaban J connectivity index is 1.54. The van der Waals surface area contributed by atoms with E-state index in [1.165, 1.54) is 23.5 Å². The van der Waals surface area contributed by atoms with Crippen LogP contribution in [0.2, 0.25) is 0 Å². The highest BCUT2D eigenvalue weighted by molar-refractivity contribution is 9.10. The normalized spacial score (nSPS) is 13.9. The number of nitrogens with one attached hydrogen (secondary N) is 1. The summed E-state index contributed by atoms with van der Waals surface area (Å²) in [6.07, 6.45) is 0. The average Bonchev–Trinajstić information content (AvgIpc) is 2.62. The Morgan fingerprint density at radius 2 is 1.88 bits per heavy atom. The molecule has 1 aliphatic heterocycles. The van der Waals surface area contributed by atoms with Crippen molar-refractivity contribution in [3.8, 4) is 0 Å². The Morgan fingerprint density at radius 3 is 2.54 bits per heavy atom. The molecule has 3 rings (SSSR count). The molecule has 24 heavy (non-hydrogen) atoms. The molecule has 0 aliphatic carbocycles. The zero-order chi connectivity index (χ0) is 16.8. The van der Waals surface area contributed by atoms with E-state index in [0.717, 1.165) is 20.6 Å². The molecule has 0 saturated heterocycles. The zero-order valence-corrected chi connectivity index (χ0v) is 15.8. The van der Waals surface area contributed by atoms with Crippen LogP contribution in [0.4, 0.5) is 0 Å². The van der Waals surface area contributed by atoms with Crippen LogP contribution in [0.25, 0.3) is 0 Å². The Hall–Kier alpha value is -1.57. The molecule has 2 aromatic carbocycles.